The molecule has 1 heterocycles. The van der Waals surface area contributed by atoms with E-state index in [1.165, 1.54) is 18.3 Å². The lowest BCUT2D eigenvalue weighted by Gasteiger charge is -2.15. The molecule has 1 aromatic carbocycles. The van der Waals surface area contributed by atoms with E-state index in [0.29, 0.717) is 4.47 Å². The van der Waals surface area contributed by atoms with Crippen LogP contribution >= 0.6 is 31.9 Å². The second-order valence-corrected chi connectivity index (χ2v) is 6.52. The smallest absolute Gasteiger partial charge is 0.282 e. The molecule has 9 heteroatoms. The number of carbonyl (C=O) groups excluding carboxylic acids is 1. The molecule has 0 bridgehead atoms. The van der Waals surface area contributed by atoms with Crippen molar-refractivity contribution in [1.29, 1.82) is 0 Å². The maximum absolute atomic E-state index is 11.5. The molecule has 0 radical (unpaired) electrons. The number of hydrogen-bond donors (Lipinski definition) is 1. The van der Waals surface area contributed by atoms with Gasteiger partial charge < -0.3 is 0 Å². The lowest BCUT2D eigenvalue weighted by molar-refractivity contribution is -0.116. The number of hydrazone groups is 1. The largest absolute Gasteiger partial charge is 0.295 e. The summed E-state index contributed by atoms with van der Waals surface area (Å²) in [5.74, 6) is -0.278. The molecule has 1 amide bonds. The number of amides is 1. The Morgan fingerprint density at radius 2 is 1.94 bits per heavy atom. The first-order valence-electron chi connectivity index (χ1n) is 4.62. The van der Waals surface area contributed by atoms with Crippen molar-refractivity contribution in [3.05, 3.63) is 21.1 Å². The molecular formula is C9H6Br2N2O4S. The van der Waals surface area contributed by atoms with E-state index >= 15 is 0 Å². The summed E-state index contributed by atoms with van der Waals surface area (Å²) in [5.41, 5.74) is 0.254. The highest BCUT2D eigenvalue weighted by Crippen LogP contribution is 2.35. The van der Waals surface area contributed by atoms with E-state index in [4.69, 9.17) is 4.55 Å². The van der Waals surface area contributed by atoms with E-state index in [2.05, 4.69) is 37.0 Å². The SMILES string of the molecule is O=C1CC=NN1c1cc(S(=O)(=O)O)c(Br)cc1Br. The van der Waals surface area contributed by atoms with Crippen molar-refractivity contribution in [3.63, 3.8) is 0 Å². The highest BCUT2D eigenvalue weighted by atomic mass is 79.9. The first-order chi connectivity index (χ1) is 8.30. The van der Waals surface area contributed by atoms with Crippen molar-refractivity contribution in [2.24, 2.45) is 5.10 Å². The summed E-state index contributed by atoms with van der Waals surface area (Å²) in [6.45, 7) is 0. The molecule has 0 aromatic heterocycles. The summed E-state index contributed by atoms with van der Waals surface area (Å²) in [6.07, 6.45) is 1.58. The minimum atomic E-state index is -4.38. The van der Waals surface area contributed by atoms with Gasteiger partial charge in [-0.05, 0) is 44.0 Å². The van der Waals surface area contributed by atoms with Crippen molar-refractivity contribution in [3.8, 4) is 0 Å². The Kier molecular flexibility index (Phi) is 3.58. The van der Waals surface area contributed by atoms with Crippen LogP contribution < -0.4 is 5.01 Å². The molecule has 18 heavy (non-hydrogen) atoms. The van der Waals surface area contributed by atoms with Gasteiger partial charge in [-0.25, -0.2) is 0 Å². The molecule has 6 nitrogen and oxygen atoms in total. The maximum Gasteiger partial charge on any atom is 0.295 e. The van der Waals surface area contributed by atoms with Crippen LogP contribution in [0.5, 0.6) is 0 Å². The van der Waals surface area contributed by atoms with E-state index in [9.17, 15) is 13.2 Å². The van der Waals surface area contributed by atoms with Crippen LogP contribution in [-0.4, -0.2) is 25.1 Å². The monoisotopic (exact) mass is 396 g/mol. The molecule has 0 atom stereocenters. The Morgan fingerprint density at radius 3 is 2.44 bits per heavy atom. The third-order valence-electron chi connectivity index (χ3n) is 2.21. The van der Waals surface area contributed by atoms with Gasteiger partial charge in [0.25, 0.3) is 16.0 Å². The van der Waals surface area contributed by atoms with Gasteiger partial charge in [0.1, 0.15) is 4.90 Å². The third-order valence-corrected chi connectivity index (χ3v) is 4.65. The van der Waals surface area contributed by atoms with Gasteiger partial charge in [-0.2, -0.15) is 18.5 Å². The highest BCUT2D eigenvalue weighted by molar-refractivity contribution is 9.11. The van der Waals surface area contributed by atoms with Crippen LogP contribution in [0.1, 0.15) is 6.42 Å². The number of carbonyl (C=O) groups is 1. The Morgan fingerprint density at radius 1 is 1.28 bits per heavy atom. The lowest BCUT2D eigenvalue weighted by atomic mass is 10.3. The minimum Gasteiger partial charge on any atom is -0.282 e. The van der Waals surface area contributed by atoms with Gasteiger partial charge >= 0.3 is 0 Å². The van der Waals surface area contributed by atoms with Crippen molar-refractivity contribution >= 4 is 59.8 Å². The van der Waals surface area contributed by atoms with Crippen LogP contribution in [0.2, 0.25) is 0 Å². The number of anilines is 1. The van der Waals surface area contributed by atoms with Crippen molar-refractivity contribution < 1.29 is 17.8 Å². The van der Waals surface area contributed by atoms with E-state index in [0.717, 1.165) is 5.01 Å². The average Bonchev–Trinajstić information content (AvgIpc) is 2.62. The predicted molar refractivity (Wildman–Crippen MR) is 72.3 cm³/mol. The zero-order chi connectivity index (χ0) is 13.5. The van der Waals surface area contributed by atoms with Gasteiger partial charge in [-0.3, -0.25) is 9.35 Å². The van der Waals surface area contributed by atoms with E-state index in [1.54, 1.807) is 0 Å². The number of halogens is 2. The first kappa shape index (κ1) is 13.7. The molecule has 0 unspecified atom stereocenters. The summed E-state index contributed by atoms with van der Waals surface area (Å²) in [5, 5.41) is 4.91. The first-order valence-corrected chi connectivity index (χ1v) is 7.65. The molecule has 0 saturated carbocycles. The van der Waals surface area contributed by atoms with Gasteiger partial charge in [0.05, 0.1) is 12.1 Å². The second kappa shape index (κ2) is 4.72. The van der Waals surface area contributed by atoms with Crippen molar-refractivity contribution in [1.82, 2.24) is 0 Å². The van der Waals surface area contributed by atoms with Gasteiger partial charge in [0.15, 0.2) is 0 Å². The van der Waals surface area contributed by atoms with Gasteiger partial charge in [0.2, 0.25) is 0 Å². The lowest BCUT2D eigenvalue weighted by Crippen LogP contribution is -2.20. The Balaban J connectivity index is 2.62. The Labute approximate surface area is 120 Å². The maximum atomic E-state index is 11.5. The van der Waals surface area contributed by atoms with Gasteiger partial charge in [-0.15, -0.1) is 0 Å². The quantitative estimate of drug-likeness (QED) is 0.774. The standard InChI is InChI=1S/C9H6Br2N2O4S/c10-5-3-6(11)8(18(15,16)17)4-7(5)13-9(14)1-2-12-13/h2-4H,1H2,(H,15,16,17). The zero-order valence-corrected chi connectivity index (χ0v) is 12.7. The van der Waals surface area contributed by atoms with Gasteiger partial charge in [-0.1, -0.05) is 0 Å². The third kappa shape index (κ3) is 2.48. The predicted octanol–water partition coefficient (Wildman–Crippen LogP) is 2.18. The summed E-state index contributed by atoms with van der Waals surface area (Å²) < 4.78 is 32.1. The fourth-order valence-corrected chi connectivity index (χ4v) is 3.77. The molecule has 1 aliphatic heterocycles. The van der Waals surface area contributed by atoms with Crippen molar-refractivity contribution in [2.45, 2.75) is 11.3 Å². The molecule has 96 valence electrons. The molecule has 0 fully saturated rings. The molecule has 0 aliphatic carbocycles. The number of nitrogens with zero attached hydrogens (tertiary/aromatic N) is 2. The second-order valence-electron chi connectivity index (χ2n) is 3.42. The van der Waals surface area contributed by atoms with Crippen LogP contribution in [0.15, 0.2) is 31.1 Å². The van der Waals surface area contributed by atoms with Crippen LogP contribution in [0, 0.1) is 0 Å². The summed E-state index contributed by atoms with van der Waals surface area (Å²) in [7, 11) is -4.38. The topological polar surface area (TPSA) is 87.0 Å². The summed E-state index contributed by atoms with van der Waals surface area (Å²) >= 11 is 6.24. The number of benzene rings is 1. The number of rotatable bonds is 2. The normalized spacial score (nSPS) is 15.5. The zero-order valence-electron chi connectivity index (χ0n) is 8.67. The average molecular weight is 398 g/mol. The van der Waals surface area contributed by atoms with E-state index in [-0.39, 0.29) is 27.4 Å². The van der Waals surface area contributed by atoms with Crippen LogP contribution in [-0.2, 0) is 14.9 Å². The van der Waals surface area contributed by atoms with Crippen molar-refractivity contribution in [2.75, 3.05) is 5.01 Å². The minimum absolute atomic E-state index is 0.156. The van der Waals surface area contributed by atoms with Gasteiger partial charge in [0, 0.05) is 15.2 Å². The van der Waals surface area contributed by atoms with Crippen LogP contribution in [0.25, 0.3) is 0 Å². The molecule has 1 aliphatic rings. The van der Waals surface area contributed by atoms with Crippen LogP contribution in [0.3, 0.4) is 0 Å². The molecule has 0 spiro atoms. The van der Waals surface area contributed by atoms with E-state index < -0.39 is 10.1 Å². The summed E-state index contributed by atoms with van der Waals surface area (Å²) in [4.78, 5) is 11.2. The van der Waals surface area contributed by atoms with Crippen LogP contribution in [0.4, 0.5) is 5.69 Å². The fourth-order valence-electron chi connectivity index (χ4n) is 1.43. The Bertz CT molecular complexity index is 657. The molecule has 1 N–H and O–H groups in total. The number of hydrogen-bond acceptors (Lipinski definition) is 4. The Hall–Kier alpha value is -0.770. The highest BCUT2D eigenvalue weighted by Gasteiger charge is 2.24. The molecule has 0 saturated heterocycles. The fraction of sp³-hybridized carbons (Fsp3) is 0.111. The molecule has 2 rings (SSSR count). The molecular weight excluding hydrogens is 392 g/mol. The van der Waals surface area contributed by atoms with E-state index in [1.807, 2.05) is 0 Å². The molecule has 1 aromatic rings. The summed E-state index contributed by atoms with van der Waals surface area (Å²) in [6, 6.07) is 2.60.